The van der Waals surface area contributed by atoms with Gasteiger partial charge in [0.1, 0.15) is 12.2 Å². The summed E-state index contributed by atoms with van der Waals surface area (Å²) in [6.07, 6.45) is 0.861. The van der Waals surface area contributed by atoms with Crippen molar-refractivity contribution in [2.24, 2.45) is 0 Å². The number of benzene rings is 2. The third-order valence-electron chi connectivity index (χ3n) is 4.26. The Hall–Kier alpha value is -3.08. The first kappa shape index (κ1) is 17.7. The molecule has 0 spiro atoms. The van der Waals surface area contributed by atoms with E-state index in [4.69, 9.17) is 13.9 Å². The van der Waals surface area contributed by atoms with Gasteiger partial charge in [-0.05, 0) is 43.2 Å². The standard InChI is InChI=1S/C21H20O5/c1-4-14-5-7-17-16(11-21(23)26-19(17)9-14)12-25-18-8-6-15(13(2)22)10-20(18)24-3/h5-11H,4,12H2,1-3H3. The maximum absolute atomic E-state index is 11.9. The minimum absolute atomic E-state index is 0.0479. The van der Waals surface area contributed by atoms with E-state index in [9.17, 15) is 9.59 Å². The SMILES string of the molecule is CCc1ccc2c(COc3ccc(C(C)=O)cc3OC)cc(=O)oc2c1. The molecule has 2 aromatic carbocycles. The van der Waals surface area contributed by atoms with Crippen LogP contribution < -0.4 is 15.1 Å². The maximum Gasteiger partial charge on any atom is 0.336 e. The van der Waals surface area contributed by atoms with Gasteiger partial charge in [-0.2, -0.15) is 0 Å². The van der Waals surface area contributed by atoms with Crippen LogP contribution in [0.5, 0.6) is 11.5 Å². The Morgan fingerprint density at radius 3 is 2.58 bits per heavy atom. The molecule has 5 nitrogen and oxygen atoms in total. The van der Waals surface area contributed by atoms with Gasteiger partial charge < -0.3 is 13.9 Å². The molecular formula is C21H20O5. The highest BCUT2D eigenvalue weighted by molar-refractivity contribution is 5.94. The molecule has 3 rings (SSSR count). The van der Waals surface area contributed by atoms with Gasteiger partial charge in [-0.3, -0.25) is 4.79 Å². The number of ketones is 1. The number of fused-ring (bicyclic) bond motifs is 1. The van der Waals surface area contributed by atoms with Crippen LogP contribution in [0, 0.1) is 0 Å². The molecule has 0 radical (unpaired) electrons. The second-order valence-corrected chi connectivity index (χ2v) is 5.99. The molecule has 0 saturated carbocycles. The summed E-state index contributed by atoms with van der Waals surface area (Å²) in [5.41, 5.74) is 2.52. The molecule has 0 atom stereocenters. The average molecular weight is 352 g/mol. The van der Waals surface area contributed by atoms with E-state index in [1.165, 1.54) is 20.1 Å². The number of hydrogen-bond acceptors (Lipinski definition) is 5. The summed E-state index contributed by atoms with van der Waals surface area (Å²) in [7, 11) is 1.52. The van der Waals surface area contributed by atoms with Gasteiger partial charge in [-0.15, -0.1) is 0 Å². The largest absolute Gasteiger partial charge is 0.493 e. The van der Waals surface area contributed by atoms with E-state index in [-0.39, 0.29) is 12.4 Å². The number of carbonyl (C=O) groups is 1. The molecule has 134 valence electrons. The predicted molar refractivity (Wildman–Crippen MR) is 99.2 cm³/mol. The quantitative estimate of drug-likeness (QED) is 0.493. The lowest BCUT2D eigenvalue weighted by atomic mass is 10.1. The molecule has 3 aromatic rings. The van der Waals surface area contributed by atoms with Gasteiger partial charge in [-0.25, -0.2) is 4.79 Å². The number of ether oxygens (including phenoxy) is 2. The third kappa shape index (κ3) is 3.61. The Morgan fingerprint density at radius 2 is 1.88 bits per heavy atom. The van der Waals surface area contributed by atoms with Gasteiger partial charge in [0.2, 0.25) is 0 Å². The van der Waals surface area contributed by atoms with Crippen LogP contribution in [0.2, 0.25) is 0 Å². The molecule has 0 aliphatic carbocycles. The van der Waals surface area contributed by atoms with Crippen LogP contribution >= 0.6 is 0 Å². The fourth-order valence-electron chi connectivity index (χ4n) is 2.77. The normalized spacial score (nSPS) is 10.7. The van der Waals surface area contributed by atoms with Crippen molar-refractivity contribution >= 4 is 16.8 Å². The first-order chi connectivity index (χ1) is 12.5. The second kappa shape index (κ2) is 7.44. The van der Waals surface area contributed by atoms with Crippen molar-refractivity contribution < 1.29 is 18.7 Å². The van der Waals surface area contributed by atoms with E-state index in [1.54, 1.807) is 18.2 Å². The number of carbonyl (C=O) groups excluding carboxylic acids is 1. The second-order valence-electron chi connectivity index (χ2n) is 5.99. The van der Waals surface area contributed by atoms with Crippen LogP contribution in [0.1, 0.15) is 35.3 Å². The predicted octanol–water partition coefficient (Wildman–Crippen LogP) is 4.15. The fourth-order valence-corrected chi connectivity index (χ4v) is 2.77. The van der Waals surface area contributed by atoms with Gasteiger partial charge in [0, 0.05) is 22.6 Å². The Bertz CT molecular complexity index is 1020. The topological polar surface area (TPSA) is 65.7 Å². The van der Waals surface area contributed by atoms with Crippen LogP contribution in [0.25, 0.3) is 11.0 Å². The number of Topliss-reactive ketones (excluding diaryl/α,β-unsaturated/α-hetero) is 1. The van der Waals surface area contributed by atoms with Crippen molar-refractivity contribution in [3.05, 3.63) is 69.6 Å². The van der Waals surface area contributed by atoms with Crippen molar-refractivity contribution in [2.75, 3.05) is 7.11 Å². The lowest BCUT2D eigenvalue weighted by Gasteiger charge is -2.12. The van der Waals surface area contributed by atoms with E-state index >= 15 is 0 Å². The van der Waals surface area contributed by atoms with Gasteiger partial charge >= 0.3 is 5.63 Å². The zero-order valence-electron chi connectivity index (χ0n) is 15.0. The van der Waals surface area contributed by atoms with E-state index < -0.39 is 5.63 Å². The van der Waals surface area contributed by atoms with Crippen LogP contribution in [0.4, 0.5) is 0 Å². The van der Waals surface area contributed by atoms with Crippen molar-refractivity contribution in [2.45, 2.75) is 26.9 Å². The molecular weight excluding hydrogens is 332 g/mol. The zero-order valence-corrected chi connectivity index (χ0v) is 15.0. The molecule has 26 heavy (non-hydrogen) atoms. The summed E-state index contributed by atoms with van der Waals surface area (Å²) in [5.74, 6) is 0.926. The number of rotatable bonds is 6. The molecule has 0 saturated heterocycles. The van der Waals surface area contributed by atoms with Crippen LogP contribution in [-0.2, 0) is 13.0 Å². The smallest absolute Gasteiger partial charge is 0.336 e. The maximum atomic E-state index is 11.9. The third-order valence-corrected chi connectivity index (χ3v) is 4.26. The molecule has 1 aromatic heterocycles. The molecule has 1 heterocycles. The van der Waals surface area contributed by atoms with Crippen LogP contribution in [0.15, 0.2) is 51.7 Å². The molecule has 0 amide bonds. The van der Waals surface area contributed by atoms with Crippen molar-refractivity contribution in [1.29, 1.82) is 0 Å². The Morgan fingerprint density at radius 1 is 1.08 bits per heavy atom. The summed E-state index contributed by atoms with van der Waals surface area (Å²) in [4.78, 5) is 23.4. The van der Waals surface area contributed by atoms with Crippen molar-refractivity contribution in [3.8, 4) is 11.5 Å². The van der Waals surface area contributed by atoms with E-state index in [2.05, 4.69) is 0 Å². The molecule has 0 aliphatic rings. The minimum atomic E-state index is -0.414. The zero-order chi connectivity index (χ0) is 18.7. The van der Waals surface area contributed by atoms with E-state index in [0.29, 0.717) is 22.6 Å². The lowest BCUT2D eigenvalue weighted by Crippen LogP contribution is -2.05. The summed E-state index contributed by atoms with van der Waals surface area (Å²) in [6.45, 7) is 3.72. The minimum Gasteiger partial charge on any atom is -0.493 e. The molecule has 5 heteroatoms. The number of methoxy groups -OCH3 is 1. The van der Waals surface area contributed by atoms with Gasteiger partial charge in [-0.1, -0.05) is 19.1 Å². The van der Waals surface area contributed by atoms with Crippen molar-refractivity contribution in [1.82, 2.24) is 0 Å². The highest BCUT2D eigenvalue weighted by Gasteiger charge is 2.11. The summed E-state index contributed by atoms with van der Waals surface area (Å²) in [5, 5.41) is 0.834. The first-order valence-electron chi connectivity index (χ1n) is 8.39. The highest BCUT2D eigenvalue weighted by Crippen LogP contribution is 2.30. The Balaban J connectivity index is 1.93. The highest BCUT2D eigenvalue weighted by atomic mass is 16.5. The molecule has 0 fully saturated rings. The summed E-state index contributed by atoms with van der Waals surface area (Å²) in [6, 6.07) is 12.3. The molecule has 0 aliphatic heterocycles. The lowest BCUT2D eigenvalue weighted by molar-refractivity contribution is 0.101. The summed E-state index contributed by atoms with van der Waals surface area (Å²) < 4.78 is 16.5. The van der Waals surface area contributed by atoms with Gasteiger partial charge in [0.15, 0.2) is 17.3 Å². The average Bonchev–Trinajstić information content (AvgIpc) is 2.65. The number of hydrogen-bond donors (Lipinski definition) is 0. The Kier molecular flexibility index (Phi) is 5.07. The fraction of sp³-hybridized carbons (Fsp3) is 0.238. The van der Waals surface area contributed by atoms with Crippen molar-refractivity contribution in [3.63, 3.8) is 0 Å². The molecule has 0 unspecified atom stereocenters. The van der Waals surface area contributed by atoms with Gasteiger partial charge in [0.25, 0.3) is 0 Å². The molecule has 0 N–H and O–H groups in total. The summed E-state index contributed by atoms with van der Waals surface area (Å²) >= 11 is 0. The molecule has 0 bridgehead atoms. The van der Waals surface area contributed by atoms with Gasteiger partial charge in [0.05, 0.1) is 7.11 Å². The van der Waals surface area contributed by atoms with Crippen LogP contribution in [-0.4, -0.2) is 12.9 Å². The van der Waals surface area contributed by atoms with Crippen LogP contribution in [0.3, 0.4) is 0 Å². The Labute approximate surface area is 151 Å². The van der Waals surface area contributed by atoms with E-state index in [1.807, 2.05) is 25.1 Å². The number of aryl methyl sites for hydroxylation is 1. The van der Waals surface area contributed by atoms with E-state index in [0.717, 1.165) is 22.9 Å². The monoisotopic (exact) mass is 352 g/mol. The first-order valence-corrected chi connectivity index (χ1v) is 8.39.